The minimum absolute atomic E-state index is 1.17. The van der Waals surface area contributed by atoms with Gasteiger partial charge in [0.25, 0.3) is 0 Å². The molecule has 5 aromatic carbocycles. The number of aromatic nitrogens is 1. The van der Waals surface area contributed by atoms with Gasteiger partial charge in [-0.1, -0.05) is 66.7 Å². The zero-order valence-corrected chi connectivity index (χ0v) is 20.2. The van der Waals surface area contributed by atoms with Crippen LogP contribution in [0.5, 0.6) is 0 Å². The zero-order valence-electron chi connectivity index (χ0n) is 19.3. The van der Waals surface area contributed by atoms with Crippen LogP contribution in [0.2, 0.25) is 0 Å². The molecule has 2 nitrogen and oxygen atoms in total. The Hall–Kier alpha value is -4.47. The number of rotatable bonds is 2. The van der Waals surface area contributed by atoms with Crippen LogP contribution >= 0.6 is 11.3 Å². The Balaban J connectivity index is 1.55. The summed E-state index contributed by atoms with van der Waals surface area (Å²) in [5.41, 5.74) is 8.65. The predicted molar refractivity (Wildman–Crippen MR) is 154 cm³/mol. The molecule has 0 radical (unpaired) electrons. The summed E-state index contributed by atoms with van der Waals surface area (Å²) in [6, 6.07) is 39.7. The number of pyridine rings is 1. The highest BCUT2D eigenvalue weighted by Crippen LogP contribution is 2.56. The van der Waals surface area contributed by atoms with Crippen molar-refractivity contribution in [1.29, 1.82) is 0 Å². The first-order valence-corrected chi connectivity index (χ1v) is 13.0. The minimum atomic E-state index is 1.17. The molecule has 0 bridgehead atoms. The third-order valence-corrected chi connectivity index (χ3v) is 8.43. The van der Waals surface area contributed by atoms with E-state index in [0.717, 1.165) is 0 Å². The highest BCUT2D eigenvalue weighted by atomic mass is 32.1. The average Bonchev–Trinajstić information content (AvgIpc) is 3.33. The third kappa shape index (κ3) is 2.69. The lowest BCUT2D eigenvalue weighted by atomic mass is 9.86. The first kappa shape index (κ1) is 19.8. The summed E-state index contributed by atoms with van der Waals surface area (Å²) in [6.07, 6.45) is 3.74. The second kappa shape index (κ2) is 7.51. The fraction of sp³-hybridized carbons (Fsp3) is 0. The van der Waals surface area contributed by atoms with Gasteiger partial charge in [-0.3, -0.25) is 4.98 Å². The van der Waals surface area contributed by atoms with Gasteiger partial charge in [-0.2, -0.15) is 0 Å². The number of thiophene rings is 1. The Kier molecular flexibility index (Phi) is 4.13. The van der Waals surface area contributed by atoms with Crippen LogP contribution in [0.4, 0.5) is 17.1 Å². The Bertz CT molecular complexity index is 1940. The fourth-order valence-corrected chi connectivity index (χ4v) is 6.90. The topological polar surface area (TPSA) is 16.1 Å². The van der Waals surface area contributed by atoms with Crippen molar-refractivity contribution < 1.29 is 0 Å². The second-order valence-corrected chi connectivity index (χ2v) is 10.3. The maximum absolute atomic E-state index is 4.24. The number of para-hydroxylation sites is 1. The average molecular weight is 477 g/mol. The lowest BCUT2D eigenvalue weighted by molar-refractivity contribution is 1.30. The molecule has 0 saturated heterocycles. The lowest BCUT2D eigenvalue weighted by Gasteiger charge is -2.34. The first-order valence-electron chi connectivity index (χ1n) is 12.1. The van der Waals surface area contributed by atoms with Gasteiger partial charge >= 0.3 is 0 Å². The SMILES string of the molecule is c1ccc(N2c3cccc4c(-c5ccncc5)ccc(c34)-c3ccc4sc5ccccc5c4c32)cc1. The van der Waals surface area contributed by atoms with Crippen LogP contribution in [0.15, 0.2) is 122 Å². The standard InChI is InChI=1S/C33H20N2S/c1-2-7-22(8-3-1)35-28-11-6-10-24-23(21-17-19-34-20-18-21)13-14-25(31(24)28)26-15-16-30-32(33(26)35)27-9-4-5-12-29(27)36-30/h1-20H. The molecule has 2 aromatic heterocycles. The molecule has 0 aliphatic carbocycles. The second-order valence-electron chi connectivity index (χ2n) is 9.20. The van der Waals surface area contributed by atoms with Crippen molar-refractivity contribution in [2.75, 3.05) is 4.90 Å². The predicted octanol–water partition coefficient (Wildman–Crippen LogP) is 9.72. The largest absolute Gasteiger partial charge is 0.309 e. The van der Waals surface area contributed by atoms with Crippen molar-refractivity contribution in [1.82, 2.24) is 4.98 Å². The van der Waals surface area contributed by atoms with Gasteiger partial charge in [-0.05, 0) is 64.5 Å². The normalized spacial score (nSPS) is 12.4. The summed E-state index contributed by atoms with van der Waals surface area (Å²) in [4.78, 5) is 6.71. The smallest absolute Gasteiger partial charge is 0.0633 e. The molecule has 0 N–H and O–H groups in total. The van der Waals surface area contributed by atoms with E-state index in [2.05, 4.69) is 119 Å². The van der Waals surface area contributed by atoms with Gasteiger partial charge in [0.15, 0.2) is 0 Å². The summed E-state index contributed by atoms with van der Waals surface area (Å²) in [6.45, 7) is 0. The Morgan fingerprint density at radius 3 is 2.17 bits per heavy atom. The van der Waals surface area contributed by atoms with E-state index in [1.807, 2.05) is 23.7 Å². The Morgan fingerprint density at radius 1 is 0.528 bits per heavy atom. The number of fused-ring (bicyclic) bond motifs is 6. The highest BCUT2D eigenvalue weighted by molar-refractivity contribution is 7.26. The molecule has 1 aliphatic heterocycles. The van der Waals surface area contributed by atoms with Crippen molar-refractivity contribution >= 4 is 59.3 Å². The van der Waals surface area contributed by atoms with Gasteiger partial charge in [-0.15, -0.1) is 11.3 Å². The molecular weight excluding hydrogens is 456 g/mol. The maximum atomic E-state index is 4.24. The van der Waals surface area contributed by atoms with E-state index in [1.54, 1.807) is 0 Å². The number of hydrogen-bond acceptors (Lipinski definition) is 3. The molecule has 36 heavy (non-hydrogen) atoms. The Morgan fingerprint density at radius 2 is 1.28 bits per heavy atom. The minimum Gasteiger partial charge on any atom is -0.309 e. The maximum Gasteiger partial charge on any atom is 0.0633 e. The number of benzene rings is 5. The Labute approximate surface area is 212 Å². The monoisotopic (exact) mass is 476 g/mol. The lowest BCUT2D eigenvalue weighted by Crippen LogP contribution is -2.15. The van der Waals surface area contributed by atoms with Crippen molar-refractivity contribution in [3.05, 3.63) is 122 Å². The highest BCUT2D eigenvalue weighted by Gasteiger charge is 2.29. The molecule has 8 rings (SSSR count). The van der Waals surface area contributed by atoms with Crippen LogP contribution in [0.1, 0.15) is 0 Å². The van der Waals surface area contributed by atoms with E-state index in [-0.39, 0.29) is 0 Å². The molecule has 168 valence electrons. The van der Waals surface area contributed by atoms with Gasteiger partial charge in [0, 0.05) is 49.2 Å². The van der Waals surface area contributed by atoms with Crippen LogP contribution in [0.3, 0.4) is 0 Å². The molecule has 0 spiro atoms. The third-order valence-electron chi connectivity index (χ3n) is 7.30. The van der Waals surface area contributed by atoms with Crippen LogP contribution in [0.25, 0.3) is 53.2 Å². The number of anilines is 3. The molecule has 0 atom stereocenters. The number of hydrogen-bond donors (Lipinski definition) is 0. The number of nitrogens with zero attached hydrogens (tertiary/aromatic N) is 2. The van der Waals surface area contributed by atoms with Crippen molar-refractivity contribution in [3.63, 3.8) is 0 Å². The van der Waals surface area contributed by atoms with E-state index in [1.165, 1.54) is 70.3 Å². The van der Waals surface area contributed by atoms with Crippen molar-refractivity contribution in [2.24, 2.45) is 0 Å². The summed E-state index contributed by atoms with van der Waals surface area (Å²) in [7, 11) is 0. The van der Waals surface area contributed by atoms with E-state index in [9.17, 15) is 0 Å². The van der Waals surface area contributed by atoms with E-state index < -0.39 is 0 Å². The zero-order chi connectivity index (χ0) is 23.6. The quantitative estimate of drug-likeness (QED) is 0.247. The van der Waals surface area contributed by atoms with Crippen LogP contribution < -0.4 is 4.90 Å². The molecule has 0 unspecified atom stereocenters. The first-order chi connectivity index (χ1) is 17.9. The molecule has 1 aliphatic rings. The molecule has 0 saturated carbocycles. The molecule has 0 fully saturated rings. The van der Waals surface area contributed by atoms with Crippen LogP contribution in [-0.4, -0.2) is 4.98 Å². The summed E-state index contributed by atoms with van der Waals surface area (Å²) in [5, 5.41) is 5.21. The molecule has 3 heterocycles. The van der Waals surface area contributed by atoms with Gasteiger partial charge in [-0.25, -0.2) is 0 Å². The summed E-state index contributed by atoms with van der Waals surface area (Å²) in [5.74, 6) is 0. The molecular formula is C33H20N2S. The summed E-state index contributed by atoms with van der Waals surface area (Å²) < 4.78 is 2.64. The van der Waals surface area contributed by atoms with Crippen molar-refractivity contribution in [2.45, 2.75) is 0 Å². The molecule has 3 heteroatoms. The van der Waals surface area contributed by atoms with Gasteiger partial charge < -0.3 is 4.90 Å². The molecule has 7 aromatic rings. The fourth-order valence-electron chi connectivity index (χ4n) is 5.80. The van der Waals surface area contributed by atoms with Gasteiger partial charge in [0.05, 0.1) is 11.4 Å². The van der Waals surface area contributed by atoms with Crippen molar-refractivity contribution in [3.8, 4) is 22.3 Å². The molecule has 0 amide bonds. The van der Waals surface area contributed by atoms with Crippen LogP contribution in [0, 0.1) is 0 Å². The van der Waals surface area contributed by atoms with Gasteiger partial charge in [0.1, 0.15) is 0 Å². The van der Waals surface area contributed by atoms with E-state index >= 15 is 0 Å². The summed E-state index contributed by atoms with van der Waals surface area (Å²) >= 11 is 1.87. The van der Waals surface area contributed by atoms with Crippen LogP contribution in [-0.2, 0) is 0 Å². The van der Waals surface area contributed by atoms with E-state index in [0.29, 0.717) is 0 Å². The van der Waals surface area contributed by atoms with Gasteiger partial charge in [0.2, 0.25) is 0 Å². The van der Waals surface area contributed by atoms with E-state index in [4.69, 9.17) is 0 Å².